The fourth-order valence-electron chi connectivity index (χ4n) is 1.96. The summed E-state index contributed by atoms with van der Waals surface area (Å²) >= 11 is 5.84. The van der Waals surface area contributed by atoms with E-state index in [2.05, 4.69) is 10.1 Å². The van der Waals surface area contributed by atoms with Crippen LogP contribution in [-0.4, -0.2) is 21.7 Å². The zero-order valence-corrected chi connectivity index (χ0v) is 10.4. The lowest BCUT2D eigenvalue weighted by Crippen LogP contribution is -1.92. The van der Waals surface area contributed by atoms with Crippen molar-refractivity contribution in [3.8, 4) is 16.9 Å². The molecule has 4 nitrogen and oxygen atoms in total. The number of methoxy groups -OCH3 is 1. The SMILES string of the molecule is COc1ccccc1-c1cccn2nc(Cl)nc12. The molecule has 1 aromatic carbocycles. The van der Waals surface area contributed by atoms with Crippen molar-refractivity contribution < 1.29 is 4.74 Å². The summed E-state index contributed by atoms with van der Waals surface area (Å²) in [6.45, 7) is 0. The van der Waals surface area contributed by atoms with Crippen molar-refractivity contribution in [2.45, 2.75) is 0 Å². The first kappa shape index (κ1) is 11.0. The third-order valence-corrected chi connectivity index (χ3v) is 2.89. The van der Waals surface area contributed by atoms with Crippen molar-refractivity contribution in [1.29, 1.82) is 0 Å². The first-order chi connectivity index (χ1) is 8.79. The molecule has 3 rings (SSSR count). The summed E-state index contributed by atoms with van der Waals surface area (Å²) in [6, 6.07) is 11.7. The fraction of sp³-hybridized carbons (Fsp3) is 0.0769. The molecule has 0 atom stereocenters. The van der Waals surface area contributed by atoms with Gasteiger partial charge in [0.05, 0.1) is 7.11 Å². The molecule has 0 amide bonds. The molecule has 2 heterocycles. The second kappa shape index (κ2) is 4.31. The van der Waals surface area contributed by atoms with E-state index in [1.807, 2.05) is 42.6 Å². The van der Waals surface area contributed by atoms with E-state index in [4.69, 9.17) is 16.3 Å². The van der Waals surface area contributed by atoms with Crippen LogP contribution in [0.1, 0.15) is 0 Å². The number of para-hydroxylation sites is 1. The average Bonchev–Trinajstić information content (AvgIpc) is 2.78. The van der Waals surface area contributed by atoms with E-state index < -0.39 is 0 Å². The molecular weight excluding hydrogens is 250 g/mol. The molecule has 5 heteroatoms. The maximum Gasteiger partial charge on any atom is 0.243 e. The van der Waals surface area contributed by atoms with Crippen LogP contribution in [0.25, 0.3) is 16.8 Å². The summed E-state index contributed by atoms with van der Waals surface area (Å²) < 4.78 is 7.02. The number of pyridine rings is 1. The molecule has 0 radical (unpaired) electrons. The Bertz CT molecular complexity index is 708. The maximum absolute atomic E-state index is 5.84. The lowest BCUT2D eigenvalue weighted by Gasteiger charge is -2.08. The highest BCUT2D eigenvalue weighted by molar-refractivity contribution is 6.28. The van der Waals surface area contributed by atoms with Crippen LogP contribution in [0.3, 0.4) is 0 Å². The van der Waals surface area contributed by atoms with Crippen molar-refractivity contribution in [2.24, 2.45) is 0 Å². The number of halogens is 1. The van der Waals surface area contributed by atoms with Gasteiger partial charge in [0.2, 0.25) is 5.28 Å². The summed E-state index contributed by atoms with van der Waals surface area (Å²) in [7, 11) is 1.65. The van der Waals surface area contributed by atoms with E-state index in [0.717, 1.165) is 16.9 Å². The summed E-state index contributed by atoms with van der Waals surface area (Å²) in [5.41, 5.74) is 2.62. The Balaban J connectivity index is 2.31. The Morgan fingerprint density at radius 1 is 1.11 bits per heavy atom. The first-order valence-corrected chi connectivity index (χ1v) is 5.81. The molecular formula is C13H10ClN3O. The van der Waals surface area contributed by atoms with Crippen LogP contribution in [0.15, 0.2) is 42.6 Å². The number of aromatic nitrogens is 3. The zero-order chi connectivity index (χ0) is 12.5. The monoisotopic (exact) mass is 259 g/mol. The van der Waals surface area contributed by atoms with Crippen LogP contribution in [0.4, 0.5) is 0 Å². The Hall–Kier alpha value is -2.07. The van der Waals surface area contributed by atoms with E-state index in [1.165, 1.54) is 0 Å². The van der Waals surface area contributed by atoms with E-state index >= 15 is 0 Å². The van der Waals surface area contributed by atoms with Crippen LogP contribution >= 0.6 is 11.6 Å². The highest BCUT2D eigenvalue weighted by Crippen LogP contribution is 2.31. The average molecular weight is 260 g/mol. The molecule has 0 unspecified atom stereocenters. The van der Waals surface area contributed by atoms with Crippen LogP contribution < -0.4 is 4.74 Å². The van der Waals surface area contributed by atoms with Crippen molar-refractivity contribution in [3.63, 3.8) is 0 Å². The second-order valence-corrected chi connectivity index (χ2v) is 4.11. The summed E-state index contributed by atoms with van der Waals surface area (Å²) in [6.07, 6.45) is 1.81. The van der Waals surface area contributed by atoms with E-state index in [9.17, 15) is 0 Å². The van der Waals surface area contributed by atoms with Gasteiger partial charge >= 0.3 is 0 Å². The van der Waals surface area contributed by atoms with Gasteiger partial charge in [-0.15, -0.1) is 5.10 Å². The Morgan fingerprint density at radius 2 is 1.89 bits per heavy atom. The fourth-order valence-corrected chi connectivity index (χ4v) is 2.12. The van der Waals surface area contributed by atoms with Gasteiger partial charge in [-0.3, -0.25) is 0 Å². The Labute approximate surface area is 109 Å². The molecule has 0 aliphatic carbocycles. The standard InChI is InChI=1S/C13H10ClN3O/c1-18-11-7-3-2-5-9(11)10-6-4-8-17-12(10)15-13(14)16-17/h2-8H,1H3. The molecule has 18 heavy (non-hydrogen) atoms. The second-order valence-electron chi connectivity index (χ2n) is 3.77. The van der Waals surface area contributed by atoms with Crippen LogP contribution in [0, 0.1) is 0 Å². The highest BCUT2D eigenvalue weighted by Gasteiger charge is 2.11. The molecule has 0 N–H and O–H groups in total. The minimum absolute atomic E-state index is 0.234. The zero-order valence-electron chi connectivity index (χ0n) is 9.67. The van der Waals surface area contributed by atoms with E-state index in [-0.39, 0.29) is 5.28 Å². The molecule has 0 saturated carbocycles. The van der Waals surface area contributed by atoms with Crippen molar-refractivity contribution in [3.05, 3.63) is 47.9 Å². The van der Waals surface area contributed by atoms with Gasteiger partial charge in [0.25, 0.3) is 0 Å². The lowest BCUT2D eigenvalue weighted by molar-refractivity contribution is 0.416. The number of hydrogen-bond acceptors (Lipinski definition) is 3. The minimum atomic E-state index is 0.234. The summed E-state index contributed by atoms with van der Waals surface area (Å²) in [4.78, 5) is 4.23. The number of hydrogen-bond donors (Lipinski definition) is 0. The van der Waals surface area contributed by atoms with Crippen LogP contribution in [0.5, 0.6) is 5.75 Å². The third-order valence-electron chi connectivity index (χ3n) is 2.73. The lowest BCUT2D eigenvalue weighted by atomic mass is 10.1. The number of benzene rings is 1. The van der Waals surface area contributed by atoms with Gasteiger partial charge in [0, 0.05) is 17.3 Å². The molecule has 90 valence electrons. The Morgan fingerprint density at radius 3 is 2.72 bits per heavy atom. The van der Waals surface area contributed by atoms with Gasteiger partial charge < -0.3 is 4.74 Å². The predicted octanol–water partition coefficient (Wildman–Crippen LogP) is 3.06. The molecule has 0 saturated heterocycles. The summed E-state index contributed by atoms with van der Waals surface area (Å²) in [5.74, 6) is 0.796. The number of nitrogens with zero attached hydrogens (tertiary/aromatic N) is 3. The largest absolute Gasteiger partial charge is 0.496 e. The van der Waals surface area contributed by atoms with Gasteiger partial charge in [0.15, 0.2) is 5.65 Å². The number of rotatable bonds is 2. The van der Waals surface area contributed by atoms with Gasteiger partial charge in [-0.1, -0.05) is 18.2 Å². The molecule has 0 spiro atoms. The number of fused-ring (bicyclic) bond motifs is 1. The third kappa shape index (κ3) is 1.71. The smallest absolute Gasteiger partial charge is 0.243 e. The quantitative estimate of drug-likeness (QED) is 0.710. The van der Waals surface area contributed by atoms with Crippen LogP contribution in [0.2, 0.25) is 5.28 Å². The molecule has 0 fully saturated rings. The molecule has 0 aliphatic heterocycles. The number of ether oxygens (including phenoxy) is 1. The highest BCUT2D eigenvalue weighted by atomic mass is 35.5. The van der Waals surface area contributed by atoms with E-state index in [0.29, 0.717) is 5.65 Å². The maximum atomic E-state index is 5.84. The van der Waals surface area contributed by atoms with Crippen LogP contribution in [-0.2, 0) is 0 Å². The Kier molecular flexibility index (Phi) is 2.64. The van der Waals surface area contributed by atoms with E-state index in [1.54, 1.807) is 11.6 Å². The van der Waals surface area contributed by atoms with Gasteiger partial charge in [-0.05, 0) is 29.8 Å². The molecule has 3 aromatic rings. The molecule has 0 bridgehead atoms. The van der Waals surface area contributed by atoms with Gasteiger partial charge in [-0.25, -0.2) is 4.52 Å². The normalized spacial score (nSPS) is 10.8. The van der Waals surface area contributed by atoms with Gasteiger partial charge in [0.1, 0.15) is 5.75 Å². The van der Waals surface area contributed by atoms with Gasteiger partial charge in [-0.2, -0.15) is 4.98 Å². The molecule has 0 aliphatic rings. The van der Waals surface area contributed by atoms with Crippen molar-refractivity contribution in [1.82, 2.24) is 14.6 Å². The molecule has 2 aromatic heterocycles. The van der Waals surface area contributed by atoms with Crippen molar-refractivity contribution in [2.75, 3.05) is 7.11 Å². The first-order valence-electron chi connectivity index (χ1n) is 5.44. The minimum Gasteiger partial charge on any atom is -0.496 e. The topological polar surface area (TPSA) is 39.4 Å². The predicted molar refractivity (Wildman–Crippen MR) is 70.0 cm³/mol. The summed E-state index contributed by atoms with van der Waals surface area (Å²) in [5, 5.41) is 4.32. The van der Waals surface area contributed by atoms with Crippen molar-refractivity contribution >= 4 is 17.2 Å².